The molecule has 0 aromatic heterocycles. The number of fused-ring (bicyclic) bond motifs is 1. The molecule has 0 spiro atoms. The Hall–Kier alpha value is -3.52. The summed E-state index contributed by atoms with van der Waals surface area (Å²) in [5.41, 5.74) is 1.88. The average Bonchev–Trinajstić information content (AvgIpc) is 3.45. The van der Waals surface area contributed by atoms with Gasteiger partial charge in [0.2, 0.25) is 0 Å². The number of ether oxygens (including phenoxy) is 3. The van der Waals surface area contributed by atoms with Gasteiger partial charge in [0.25, 0.3) is 11.7 Å². The molecule has 8 nitrogen and oxygen atoms in total. The summed E-state index contributed by atoms with van der Waals surface area (Å²) < 4.78 is 16.5. The lowest BCUT2D eigenvalue weighted by Crippen LogP contribution is -2.36. The summed E-state index contributed by atoms with van der Waals surface area (Å²) in [5.74, 6) is -0.785. The van der Waals surface area contributed by atoms with E-state index in [4.69, 9.17) is 14.2 Å². The van der Waals surface area contributed by atoms with Gasteiger partial charge in [-0.15, -0.1) is 0 Å². The molecule has 3 aliphatic rings. The van der Waals surface area contributed by atoms with E-state index in [1.165, 1.54) is 18.1 Å². The third-order valence-corrected chi connectivity index (χ3v) is 6.66. The summed E-state index contributed by atoms with van der Waals surface area (Å²) in [7, 11) is 1.44. The molecule has 0 saturated carbocycles. The topological polar surface area (TPSA) is 106 Å². The number of rotatable bonds is 5. The zero-order valence-corrected chi connectivity index (χ0v) is 19.0. The highest BCUT2D eigenvalue weighted by atomic mass is 16.5. The van der Waals surface area contributed by atoms with Crippen molar-refractivity contribution in [1.29, 1.82) is 0 Å². The van der Waals surface area contributed by atoms with E-state index < -0.39 is 17.7 Å². The molecule has 3 heterocycles. The van der Waals surface area contributed by atoms with Gasteiger partial charge in [0.15, 0.2) is 11.5 Å². The number of amides is 1. The minimum atomic E-state index is -0.867. The number of likely N-dealkylation sites (tertiary alicyclic amines) is 1. The van der Waals surface area contributed by atoms with E-state index in [0.29, 0.717) is 24.3 Å². The number of methoxy groups -OCH3 is 1. The predicted octanol–water partition coefficient (Wildman–Crippen LogP) is 3.33. The molecule has 8 heteroatoms. The fourth-order valence-corrected chi connectivity index (χ4v) is 4.96. The summed E-state index contributed by atoms with van der Waals surface area (Å²) in [6.07, 6.45) is 3.16. The van der Waals surface area contributed by atoms with Gasteiger partial charge in [-0.25, -0.2) is 0 Å². The Balaban J connectivity index is 1.61. The molecule has 2 unspecified atom stereocenters. The quantitative estimate of drug-likeness (QED) is 0.396. The van der Waals surface area contributed by atoms with Crippen LogP contribution in [0.3, 0.4) is 0 Å². The second kappa shape index (κ2) is 9.02. The van der Waals surface area contributed by atoms with Crippen molar-refractivity contribution in [2.45, 2.75) is 37.8 Å². The van der Waals surface area contributed by atoms with Crippen LogP contribution >= 0.6 is 0 Å². The van der Waals surface area contributed by atoms with Gasteiger partial charge >= 0.3 is 0 Å². The molecule has 178 valence electrons. The number of Topliss-reactive ketones (excluding diaryl/α,β-unsaturated/α-hetero) is 1. The lowest BCUT2D eigenvalue weighted by molar-refractivity contribution is -0.140. The van der Waals surface area contributed by atoms with Crippen LogP contribution in [-0.2, 0) is 20.7 Å². The highest BCUT2D eigenvalue weighted by Gasteiger charge is 2.47. The number of hydrogen-bond donors (Lipinski definition) is 2. The third-order valence-electron chi connectivity index (χ3n) is 6.66. The Bertz CT molecular complexity index is 1170. The van der Waals surface area contributed by atoms with Gasteiger partial charge in [0.1, 0.15) is 11.5 Å². The molecule has 2 aromatic rings. The van der Waals surface area contributed by atoms with E-state index in [-0.39, 0.29) is 35.5 Å². The Labute approximate surface area is 197 Å². The number of carbonyl (C=O) groups is 2. The molecule has 2 fully saturated rings. The highest BCUT2D eigenvalue weighted by Crippen LogP contribution is 2.42. The van der Waals surface area contributed by atoms with Crippen LogP contribution in [0.25, 0.3) is 5.76 Å². The molecule has 2 atom stereocenters. The predicted molar refractivity (Wildman–Crippen MR) is 123 cm³/mol. The standard InChI is InChI=1S/C26H27NO7/c1-32-21-9-6-16(13-19(21)28)23-22(25(30)26(31)27(23)14-18-5-3-10-33-18)24(29)17-7-8-20-15(12-17)4-2-11-34-20/h6-9,12-13,18,23,28-29H,2-5,10-11,14H2,1H3/b24-22-. The number of aromatic hydroxyl groups is 1. The SMILES string of the molecule is COc1ccc(C2/C(=C(/O)c3ccc4c(c3)CCCO4)C(=O)C(=O)N2CC2CCCO2)cc1O. The summed E-state index contributed by atoms with van der Waals surface area (Å²) in [6, 6.07) is 9.13. The Morgan fingerprint density at radius 2 is 2.00 bits per heavy atom. The maximum atomic E-state index is 13.2. The average molecular weight is 466 g/mol. The number of aliphatic hydroxyl groups is 1. The third kappa shape index (κ3) is 3.88. The second-order valence-electron chi connectivity index (χ2n) is 8.79. The Morgan fingerprint density at radius 1 is 1.15 bits per heavy atom. The van der Waals surface area contributed by atoms with Crippen LogP contribution in [0.4, 0.5) is 0 Å². The molecule has 3 aliphatic heterocycles. The molecule has 34 heavy (non-hydrogen) atoms. The molecule has 0 radical (unpaired) electrons. The van der Waals surface area contributed by atoms with Crippen molar-refractivity contribution in [1.82, 2.24) is 4.90 Å². The number of ketones is 1. The van der Waals surface area contributed by atoms with Crippen LogP contribution < -0.4 is 9.47 Å². The minimum absolute atomic E-state index is 0.00996. The number of hydrogen-bond acceptors (Lipinski definition) is 7. The molecule has 5 rings (SSSR count). The fourth-order valence-electron chi connectivity index (χ4n) is 4.96. The van der Waals surface area contributed by atoms with Gasteiger partial charge < -0.3 is 29.3 Å². The van der Waals surface area contributed by atoms with Crippen molar-refractivity contribution in [3.8, 4) is 17.2 Å². The first-order valence-corrected chi connectivity index (χ1v) is 11.5. The summed E-state index contributed by atoms with van der Waals surface area (Å²) in [5, 5.41) is 21.7. The number of carbonyl (C=O) groups excluding carboxylic acids is 2. The lowest BCUT2D eigenvalue weighted by Gasteiger charge is -2.27. The maximum absolute atomic E-state index is 13.2. The highest BCUT2D eigenvalue weighted by molar-refractivity contribution is 6.46. The van der Waals surface area contributed by atoms with E-state index >= 15 is 0 Å². The van der Waals surface area contributed by atoms with Crippen LogP contribution in [0.15, 0.2) is 42.0 Å². The molecule has 2 N–H and O–H groups in total. The monoisotopic (exact) mass is 465 g/mol. The Kier molecular flexibility index (Phi) is 5.91. The maximum Gasteiger partial charge on any atom is 0.295 e. The largest absolute Gasteiger partial charge is 0.507 e. The van der Waals surface area contributed by atoms with Gasteiger partial charge in [-0.1, -0.05) is 6.07 Å². The zero-order chi connectivity index (χ0) is 23.8. The van der Waals surface area contributed by atoms with Crippen LogP contribution in [0, 0.1) is 0 Å². The number of benzene rings is 2. The molecule has 2 aromatic carbocycles. The number of nitrogens with zero attached hydrogens (tertiary/aromatic N) is 1. The first-order chi connectivity index (χ1) is 16.5. The van der Waals surface area contributed by atoms with Crippen molar-refractivity contribution >= 4 is 17.4 Å². The van der Waals surface area contributed by atoms with Crippen molar-refractivity contribution in [2.75, 3.05) is 26.9 Å². The van der Waals surface area contributed by atoms with Gasteiger partial charge in [-0.2, -0.15) is 0 Å². The molecule has 1 amide bonds. The van der Waals surface area contributed by atoms with E-state index in [1.54, 1.807) is 30.3 Å². The van der Waals surface area contributed by atoms with E-state index in [0.717, 1.165) is 37.0 Å². The van der Waals surface area contributed by atoms with E-state index in [2.05, 4.69) is 0 Å². The molecular formula is C26H27NO7. The molecular weight excluding hydrogens is 438 g/mol. The van der Waals surface area contributed by atoms with Crippen LogP contribution in [-0.4, -0.2) is 59.8 Å². The van der Waals surface area contributed by atoms with Crippen LogP contribution in [0.2, 0.25) is 0 Å². The van der Waals surface area contributed by atoms with Crippen LogP contribution in [0.1, 0.15) is 42.0 Å². The van der Waals surface area contributed by atoms with Gasteiger partial charge in [-0.05, 0) is 67.1 Å². The number of aryl methyl sites for hydroxylation is 1. The minimum Gasteiger partial charge on any atom is -0.507 e. The van der Waals surface area contributed by atoms with E-state index in [1.807, 2.05) is 0 Å². The van der Waals surface area contributed by atoms with E-state index in [9.17, 15) is 19.8 Å². The molecule has 0 aliphatic carbocycles. The smallest absolute Gasteiger partial charge is 0.295 e. The first kappa shape index (κ1) is 22.3. The first-order valence-electron chi connectivity index (χ1n) is 11.5. The van der Waals surface area contributed by atoms with Crippen molar-refractivity contribution in [3.63, 3.8) is 0 Å². The summed E-state index contributed by atoms with van der Waals surface area (Å²) in [6.45, 7) is 1.48. The van der Waals surface area contributed by atoms with Gasteiger partial charge in [0, 0.05) is 18.7 Å². The summed E-state index contributed by atoms with van der Waals surface area (Å²) in [4.78, 5) is 27.8. The Morgan fingerprint density at radius 3 is 2.74 bits per heavy atom. The number of aliphatic hydroxyl groups excluding tert-OH is 1. The number of phenolic OH excluding ortho intramolecular Hbond substituents is 1. The van der Waals surface area contributed by atoms with Crippen molar-refractivity contribution in [3.05, 3.63) is 58.7 Å². The molecule has 0 bridgehead atoms. The zero-order valence-electron chi connectivity index (χ0n) is 19.0. The van der Waals surface area contributed by atoms with Gasteiger partial charge in [-0.3, -0.25) is 9.59 Å². The molecule has 2 saturated heterocycles. The second-order valence-corrected chi connectivity index (χ2v) is 8.79. The van der Waals surface area contributed by atoms with Crippen molar-refractivity contribution in [2.24, 2.45) is 0 Å². The normalized spacial score (nSPS) is 23.6. The van der Waals surface area contributed by atoms with Crippen LogP contribution in [0.5, 0.6) is 17.2 Å². The van der Waals surface area contributed by atoms with Gasteiger partial charge in [0.05, 0.1) is 31.4 Å². The lowest BCUT2D eigenvalue weighted by atomic mass is 9.93. The fraction of sp³-hybridized carbons (Fsp3) is 0.385. The summed E-state index contributed by atoms with van der Waals surface area (Å²) >= 11 is 0. The number of phenols is 1. The van der Waals surface area contributed by atoms with Crippen molar-refractivity contribution < 1.29 is 34.0 Å².